The molecule has 0 aromatic heterocycles. The molecule has 3 aromatic rings. The Hall–Kier alpha value is -3.03. The van der Waals surface area contributed by atoms with E-state index in [2.05, 4.69) is 5.32 Å². The van der Waals surface area contributed by atoms with Gasteiger partial charge in [0.2, 0.25) is 5.91 Å². The Morgan fingerprint density at radius 1 is 1.06 bits per heavy atom. The Balaban J connectivity index is 1.95. The van der Waals surface area contributed by atoms with Gasteiger partial charge in [-0.2, -0.15) is 0 Å². The molecular weight excluding hydrogens is 460 g/mol. The molecule has 0 radical (unpaired) electrons. The molecule has 6 nitrogen and oxygen atoms in total. The van der Waals surface area contributed by atoms with Crippen LogP contribution in [-0.2, 0) is 14.8 Å². The minimum Gasteiger partial charge on any atom is -0.496 e. The number of methoxy groups -OCH3 is 1. The van der Waals surface area contributed by atoms with E-state index in [0.29, 0.717) is 22.0 Å². The summed E-state index contributed by atoms with van der Waals surface area (Å²) in [5.74, 6) is 0.184. The van der Waals surface area contributed by atoms with E-state index in [1.807, 2.05) is 38.1 Å². The summed E-state index contributed by atoms with van der Waals surface area (Å²) >= 11 is 6.18. The summed E-state index contributed by atoms with van der Waals surface area (Å²) in [5.41, 5.74) is 2.76. The zero-order chi connectivity index (χ0) is 24.2. The normalized spacial score (nSPS) is 12.2. The predicted octanol–water partition coefficient (Wildman–Crippen LogP) is 5.04. The molecule has 0 bridgehead atoms. The van der Waals surface area contributed by atoms with E-state index in [1.54, 1.807) is 44.4 Å². The van der Waals surface area contributed by atoms with Crippen molar-refractivity contribution in [2.24, 2.45) is 0 Å². The van der Waals surface area contributed by atoms with Crippen molar-refractivity contribution in [3.8, 4) is 5.75 Å². The quantitative estimate of drug-likeness (QED) is 0.484. The predicted molar refractivity (Wildman–Crippen MR) is 131 cm³/mol. The molecule has 0 heterocycles. The van der Waals surface area contributed by atoms with Gasteiger partial charge in [-0.15, -0.1) is 0 Å². The zero-order valence-electron chi connectivity index (χ0n) is 19.0. The largest absolute Gasteiger partial charge is 0.496 e. The van der Waals surface area contributed by atoms with Crippen LogP contribution in [0.5, 0.6) is 5.75 Å². The van der Waals surface area contributed by atoms with Crippen LogP contribution >= 0.6 is 11.6 Å². The number of nitrogens with one attached hydrogen (secondary N) is 1. The number of nitrogens with zero attached hydrogens (tertiary/aromatic N) is 1. The number of sulfonamides is 1. The molecule has 0 aliphatic carbocycles. The minimum atomic E-state index is -4.03. The van der Waals surface area contributed by atoms with Crippen molar-refractivity contribution in [2.45, 2.75) is 31.7 Å². The highest BCUT2D eigenvalue weighted by molar-refractivity contribution is 7.92. The van der Waals surface area contributed by atoms with Gasteiger partial charge in [-0.05, 0) is 56.7 Å². The topological polar surface area (TPSA) is 75.7 Å². The van der Waals surface area contributed by atoms with Crippen LogP contribution in [0.4, 0.5) is 5.69 Å². The smallest absolute Gasteiger partial charge is 0.264 e. The summed E-state index contributed by atoms with van der Waals surface area (Å²) in [5, 5.41) is 3.26. The fraction of sp³-hybridized carbons (Fsp3) is 0.240. The Kier molecular flexibility index (Phi) is 7.66. The third-order valence-corrected chi connectivity index (χ3v) is 7.33. The van der Waals surface area contributed by atoms with Crippen LogP contribution in [0.25, 0.3) is 0 Å². The van der Waals surface area contributed by atoms with Gasteiger partial charge in [-0.3, -0.25) is 9.10 Å². The lowest BCUT2D eigenvalue weighted by Gasteiger charge is -2.27. The van der Waals surface area contributed by atoms with Gasteiger partial charge in [-0.1, -0.05) is 53.6 Å². The molecule has 0 aliphatic rings. The molecule has 3 rings (SSSR count). The van der Waals surface area contributed by atoms with Crippen molar-refractivity contribution in [3.63, 3.8) is 0 Å². The number of halogens is 1. The van der Waals surface area contributed by atoms with Crippen molar-refractivity contribution >= 4 is 33.2 Å². The molecule has 174 valence electrons. The fourth-order valence-corrected chi connectivity index (χ4v) is 5.15. The van der Waals surface area contributed by atoms with E-state index in [1.165, 1.54) is 12.1 Å². The van der Waals surface area contributed by atoms with Gasteiger partial charge >= 0.3 is 0 Å². The second-order valence-corrected chi connectivity index (χ2v) is 10.1. The lowest BCUT2D eigenvalue weighted by Crippen LogP contribution is -2.42. The molecular formula is C25H27ClN2O4S. The molecule has 3 aromatic carbocycles. The SMILES string of the molecule is COc1ccccc1[C@H](C)NC(=O)CN(c1cc(Cl)ccc1C)S(=O)(=O)c1ccc(C)cc1. The van der Waals surface area contributed by atoms with Crippen molar-refractivity contribution in [1.82, 2.24) is 5.32 Å². The molecule has 0 unspecified atom stereocenters. The molecule has 0 aliphatic heterocycles. The third kappa shape index (κ3) is 5.67. The van der Waals surface area contributed by atoms with Crippen LogP contribution in [0.15, 0.2) is 71.6 Å². The maximum Gasteiger partial charge on any atom is 0.264 e. The average Bonchev–Trinajstić information content (AvgIpc) is 2.79. The summed E-state index contributed by atoms with van der Waals surface area (Å²) in [4.78, 5) is 13.1. The first-order valence-electron chi connectivity index (χ1n) is 10.4. The monoisotopic (exact) mass is 486 g/mol. The number of anilines is 1. The minimum absolute atomic E-state index is 0.0954. The fourth-order valence-electron chi connectivity index (χ4n) is 3.51. The Morgan fingerprint density at radius 3 is 2.39 bits per heavy atom. The number of carbonyl (C=O) groups is 1. The van der Waals surface area contributed by atoms with Crippen molar-refractivity contribution in [3.05, 3.63) is 88.4 Å². The van der Waals surface area contributed by atoms with Crippen molar-refractivity contribution in [1.29, 1.82) is 0 Å². The van der Waals surface area contributed by atoms with Crippen LogP contribution in [0.1, 0.15) is 29.7 Å². The van der Waals surface area contributed by atoms with Gasteiger partial charge < -0.3 is 10.1 Å². The van der Waals surface area contributed by atoms with Gasteiger partial charge in [0, 0.05) is 10.6 Å². The summed E-state index contributed by atoms with van der Waals surface area (Å²) in [7, 11) is -2.47. The number of carbonyl (C=O) groups excluding carboxylic acids is 1. The first kappa shape index (κ1) is 24.6. The number of rotatable bonds is 8. The summed E-state index contributed by atoms with van der Waals surface area (Å²) in [6.07, 6.45) is 0. The van der Waals surface area contributed by atoms with E-state index in [9.17, 15) is 13.2 Å². The van der Waals surface area contributed by atoms with Gasteiger partial charge in [-0.25, -0.2) is 8.42 Å². The number of para-hydroxylation sites is 1. The highest BCUT2D eigenvalue weighted by atomic mass is 35.5. The second kappa shape index (κ2) is 10.3. The van der Waals surface area contributed by atoms with Gasteiger partial charge in [0.05, 0.1) is 23.7 Å². The average molecular weight is 487 g/mol. The molecule has 1 N–H and O–H groups in total. The van der Waals surface area contributed by atoms with Crippen LogP contribution in [-0.4, -0.2) is 28.0 Å². The molecule has 8 heteroatoms. The van der Waals surface area contributed by atoms with Crippen LogP contribution in [0.3, 0.4) is 0 Å². The number of benzene rings is 3. The molecule has 33 heavy (non-hydrogen) atoms. The number of aryl methyl sites for hydroxylation is 2. The van der Waals surface area contributed by atoms with Gasteiger partial charge in [0.1, 0.15) is 12.3 Å². The van der Waals surface area contributed by atoms with Crippen LogP contribution in [0, 0.1) is 13.8 Å². The van der Waals surface area contributed by atoms with Crippen LogP contribution in [0.2, 0.25) is 5.02 Å². The molecule has 0 saturated heterocycles. The summed E-state index contributed by atoms with van der Waals surface area (Å²) in [6, 6.07) is 18.4. The zero-order valence-corrected chi connectivity index (χ0v) is 20.6. The second-order valence-electron chi connectivity index (χ2n) is 7.79. The van der Waals surface area contributed by atoms with E-state index in [4.69, 9.17) is 16.3 Å². The molecule has 1 atom stereocenters. The van der Waals surface area contributed by atoms with Gasteiger partial charge in [0.15, 0.2) is 0 Å². The highest BCUT2D eigenvalue weighted by Crippen LogP contribution is 2.30. The molecule has 0 fully saturated rings. The Morgan fingerprint density at radius 2 is 1.73 bits per heavy atom. The summed E-state index contributed by atoms with van der Waals surface area (Å²) < 4.78 is 33.6. The summed E-state index contributed by atoms with van der Waals surface area (Å²) in [6.45, 7) is 5.07. The van der Waals surface area contributed by atoms with E-state index >= 15 is 0 Å². The highest BCUT2D eigenvalue weighted by Gasteiger charge is 2.29. The first-order chi connectivity index (χ1) is 15.6. The standard InChI is InChI=1S/C25H27ClN2O4S/c1-17-9-13-21(14-10-17)33(30,31)28(23-15-20(26)12-11-18(23)2)16-25(29)27-19(3)22-7-5-6-8-24(22)32-4/h5-15,19H,16H2,1-4H3,(H,27,29)/t19-/m0/s1. The molecule has 0 saturated carbocycles. The first-order valence-corrected chi connectivity index (χ1v) is 12.2. The lowest BCUT2D eigenvalue weighted by molar-refractivity contribution is -0.120. The number of amides is 1. The maximum absolute atomic E-state index is 13.6. The number of hydrogen-bond donors (Lipinski definition) is 1. The van der Waals surface area contributed by atoms with Crippen LogP contribution < -0.4 is 14.4 Å². The van der Waals surface area contributed by atoms with Crippen molar-refractivity contribution in [2.75, 3.05) is 18.0 Å². The number of hydrogen-bond acceptors (Lipinski definition) is 4. The van der Waals surface area contributed by atoms with E-state index in [-0.39, 0.29) is 4.90 Å². The maximum atomic E-state index is 13.6. The number of ether oxygens (including phenoxy) is 1. The Bertz CT molecular complexity index is 1240. The third-order valence-electron chi connectivity index (χ3n) is 5.32. The van der Waals surface area contributed by atoms with Gasteiger partial charge in [0.25, 0.3) is 10.0 Å². The van der Waals surface area contributed by atoms with Crippen molar-refractivity contribution < 1.29 is 17.9 Å². The molecule has 1 amide bonds. The lowest BCUT2D eigenvalue weighted by atomic mass is 10.1. The molecule has 0 spiro atoms. The van der Waals surface area contributed by atoms with E-state index < -0.39 is 28.5 Å². The Labute approximate surface area is 200 Å². The van der Waals surface area contributed by atoms with E-state index in [0.717, 1.165) is 15.4 Å².